The molecule has 0 saturated heterocycles. The largest absolute Gasteiger partial charge is 0.378 e. The topological polar surface area (TPSA) is 82.1 Å². The van der Waals surface area contributed by atoms with E-state index in [4.69, 9.17) is 23.2 Å². The van der Waals surface area contributed by atoms with Gasteiger partial charge in [0, 0.05) is 31.4 Å². The monoisotopic (exact) mass is 518 g/mol. The van der Waals surface area contributed by atoms with Gasteiger partial charge in [0.15, 0.2) is 0 Å². The van der Waals surface area contributed by atoms with Crippen molar-refractivity contribution in [3.63, 3.8) is 0 Å². The molecule has 0 heterocycles. The zero-order valence-corrected chi connectivity index (χ0v) is 21.0. The maximum absolute atomic E-state index is 13.4. The lowest BCUT2D eigenvalue weighted by atomic mass is 10.2. The number of benzene rings is 3. The number of sulfonamides is 1. The van der Waals surface area contributed by atoms with Crippen LogP contribution in [-0.4, -0.2) is 45.5 Å². The van der Waals surface area contributed by atoms with E-state index in [0.29, 0.717) is 5.56 Å². The number of halogens is 2. The van der Waals surface area contributed by atoms with Gasteiger partial charge in [-0.3, -0.25) is 4.79 Å². The molecule has 178 valence electrons. The Bertz CT molecular complexity index is 1270. The first-order valence-electron chi connectivity index (χ1n) is 10.3. The van der Waals surface area contributed by atoms with Crippen molar-refractivity contribution in [3.8, 4) is 0 Å². The Kier molecular flexibility index (Phi) is 8.68. The summed E-state index contributed by atoms with van der Waals surface area (Å²) in [5.74, 6) is -0.598. The third-order valence-electron chi connectivity index (χ3n) is 4.85. The SMILES string of the molecule is CN(C)c1ccc(C=NNC(=O)CN(Cc2ccccc2)S(=O)(=O)c2cc(Cl)ccc2Cl)cc1. The third kappa shape index (κ3) is 6.80. The van der Waals surface area contributed by atoms with Crippen LogP contribution in [0.25, 0.3) is 0 Å². The Balaban J connectivity index is 1.78. The second kappa shape index (κ2) is 11.5. The van der Waals surface area contributed by atoms with Gasteiger partial charge in [0.1, 0.15) is 4.90 Å². The molecule has 0 bridgehead atoms. The molecule has 0 saturated carbocycles. The number of nitrogens with zero attached hydrogens (tertiary/aromatic N) is 3. The van der Waals surface area contributed by atoms with Crippen LogP contribution >= 0.6 is 23.2 Å². The van der Waals surface area contributed by atoms with Crippen LogP contribution in [0, 0.1) is 0 Å². The standard InChI is InChI=1S/C24H24Cl2N4O3S/c1-29(2)21-11-8-18(9-12-21)15-27-28-24(31)17-30(16-19-6-4-3-5-7-19)34(32,33)23-14-20(25)10-13-22(23)26/h3-15H,16-17H2,1-2H3,(H,28,31). The van der Waals surface area contributed by atoms with Crippen molar-refractivity contribution < 1.29 is 13.2 Å². The van der Waals surface area contributed by atoms with Gasteiger partial charge in [-0.1, -0.05) is 65.7 Å². The molecule has 0 spiro atoms. The van der Waals surface area contributed by atoms with Crippen LogP contribution in [0.3, 0.4) is 0 Å². The molecule has 1 N–H and O–H groups in total. The summed E-state index contributed by atoms with van der Waals surface area (Å²) in [7, 11) is -0.259. The zero-order chi connectivity index (χ0) is 24.7. The number of amides is 1. The lowest BCUT2D eigenvalue weighted by molar-refractivity contribution is -0.121. The highest BCUT2D eigenvalue weighted by Crippen LogP contribution is 2.28. The van der Waals surface area contributed by atoms with Crippen molar-refractivity contribution >= 4 is 51.0 Å². The molecular formula is C24H24Cl2N4O3S. The molecule has 0 radical (unpaired) electrons. The maximum Gasteiger partial charge on any atom is 0.255 e. The molecule has 0 aromatic heterocycles. The van der Waals surface area contributed by atoms with Crippen LogP contribution in [-0.2, 0) is 21.4 Å². The number of carbonyl (C=O) groups is 1. The lowest BCUT2D eigenvalue weighted by Crippen LogP contribution is -2.39. The summed E-state index contributed by atoms with van der Waals surface area (Å²) in [6, 6.07) is 20.7. The van der Waals surface area contributed by atoms with Crippen LogP contribution < -0.4 is 10.3 Å². The van der Waals surface area contributed by atoms with Crippen molar-refractivity contribution in [2.75, 3.05) is 25.5 Å². The van der Waals surface area contributed by atoms with Crippen LogP contribution in [0.2, 0.25) is 10.0 Å². The van der Waals surface area contributed by atoms with Gasteiger partial charge in [0.05, 0.1) is 17.8 Å². The number of hydrazone groups is 1. The van der Waals surface area contributed by atoms with E-state index < -0.39 is 22.5 Å². The van der Waals surface area contributed by atoms with Crippen LogP contribution in [0.5, 0.6) is 0 Å². The van der Waals surface area contributed by atoms with Gasteiger partial charge in [-0.15, -0.1) is 0 Å². The lowest BCUT2D eigenvalue weighted by Gasteiger charge is -2.22. The molecule has 3 rings (SSSR count). The Morgan fingerprint density at radius 1 is 1.00 bits per heavy atom. The smallest absolute Gasteiger partial charge is 0.255 e. The summed E-state index contributed by atoms with van der Waals surface area (Å²) in [5, 5.41) is 4.19. The van der Waals surface area contributed by atoms with Gasteiger partial charge in [-0.2, -0.15) is 9.41 Å². The summed E-state index contributed by atoms with van der Waals surface area (Å²) in [4.78, 5) is 14.4. The van der Waals surface area contributed by atoms with E-state index in [-0.39, 0.29) is 21.5 Å². The average Bonchev–Trinajstić information content (AvgIpc) is 2.81. The molecule has 0 aliphatic rings. The van der Waals surface area contributed by atoms with Crippen molar-refractivity contribution in [3.05, 3.63) is 94.0 Å². The van der Waals surface area contributed by atoms with Gasteiger partial charge in [-0.05, 0) is 41.5 Å². The summed E-state index contributed by atoms with van der Waals surface area (Å²) in [5.41, 5.74) is 4.91. The zero-order valence-electron chi connectivity index (χ0n) is 18.7. The fourth-order valence-corrected chi connectivity index (χ4v) is 5.18. The molecule has 1 amide bonds. The molecule has 0 atom stereocenters. The quantitative estimate of drug-likeness (QED) is 0.336. The first kappa shape index (κ1) is 25.7. The number of nitrogens with one attached hydrogen (secondary N) is 1. The summed E-state index contributed by atoms with van der Waals surface area (Å²) in [6.07, 6.45) is 1.49. The van der Waals surface area contributed by atoms with Crippen LogP contribution in [0.4, 0.5) is 5.69 Å². The molecule has 7 nitrogen and oxygen atoms in total. The van der Waals surface area contributed by atoms with E-state index in [9.17, 15) is 13.2 Å². The summed E-state index contributed by atoms with van der Waals surface area (Å²) < 4.78 is 27.8. The predicted molar refractivity (Wildman–Crippen MR) is 137 cm³/mol. The number of rotatable bonds is 9. The predicted octanol–water partition coefficient (Wildman–Crippen LogP) is 4.40. The van der Waals surface area contributed by atoms with E-state index >= 15 is 0 Å². The van der Waals surface area contributed by atoms with E-state index in [1.54, 1.807) is 24.3 Å². The average molecular weight is 519 g/mol. The molecule has 0 aliphatic carbocycles. The molecule has 3 aromatic carbocycles. The molecule has 34 heavy (non-hydrogen) atoms. The first-order valence-corrected chi connectivity index (χ1v) is 12.4. The molecule has 0 aliphatic heterocycles. The third-order valence-corrected chi connectivity index (χ3v) is 7.35. The molecule has 10 heteroatoms. The second-order valence-corrected chi connectivity index (χ2v) is 10.4. The molecule has 0 unspecified atom stereocenters. The Hall–Kier alpha value is -2.91. The Morgan fingerprint density at radius 2 is 1.68 bits per heavy atom. The van der Waals surface area contributed by atoms with Gasteiger partial charge < -0.3 is 4.90 Å². The Labute approximate surface area is 209 Å². The number of carbonyl (C=O) groups excluding carboxylic acids is 1. The van der Waals surface area contributed by atoms with Crippen molar-refractivity contribution in [1.82, 2.24) is 9.73 Å². The van der Waals surface area contributed by atoms with Crippen molar-refractivity contribution in [2.24, 2.45) is 5.10 Å². The molecular weight excluding hydrogens is 495 g/mol. The van der Waals surface area contributed by atoms with Crippen LogP contribution in [0.1, 0.15) is 11.1 Å². The summed E-state index contributed by atoms with van der Waals surface area (Å²) >= 11 is 12.2. The second-order valence-electron chi connectivity index (χ2n) is 7.61. The van der Waals surface area contributed by atoms with Gasteiger partial charge in [0.2, 0.25) is 10.0 Å². The molecule has 3 aromatic rings. The minimum atomic E-state index is -4.14. The van der Waals surface area contributed by atoms with Crippen molar-refractivity contribution in [2.45, 2.75) is 11.4 Å². The number of hydrogen-bond acceptors (Lipinski definition) is 5. The Morgan fingerprint density at radius 3 is 2.32 bits per heavy atom. The van der Waals surface area contributed by atoms with E-state index in [1.165, 1.54) is 24.4 Å². The normalized spacial score (nSPS) is 11.7. The van der Waals surface area contributed by atoms with E-state index in [2.05, 4.69) is 10.5 Å². The number of anilines is 1. The first-order chi connectivity index (χ1) is 16.2. The van der Waals surface area contributed by atoms with Gasteiger partial charge >= 0.3 is 0 Å². The number of hydrogen-bond donors (Lipinski definition) is 1. The molecule has 0 fully saturated rings. The fourth-order valence-electron chi connectivity index (χ4n) is 3.06. The fraction of sp³-hybridized carbons (Fsp3) is 0.167. The minimum absolute atomic E-state index is 0.0158. The van der Waals surface area contributed by atoms with Gasteiger partial charge in [0.25, 0.3) is 5.91 Å². The van der Waals surface area contributed by atoms with Crippen LogP contribution in [0.15, 0.2) is 82.8 Å². The minimum Gasteiger partial charge on any atom is -0.378 e. The van der Waals surface area contributed by atoms with Crippen molar-refractivity contribution in [1.29, 1.82) is 0 Å². The van der Waals surface area contributed by atoms with E-state index in [0.717, 1.165) is 15.6 Å². The maximum atomic E-state index is 13.4. The van der Waals surface area contributed by atoms with Gasteiger partial charge in [-0.25, -0.2) is 13.8 Å². The highest BCUT2D eigenvalue weighted by Gasteiger charge is 2.29. The van der Waals surface area contributed by atoms with E-state index in [1.807, 2.05) is 49.3 Å². The highest BCUT2D eigenvalue weighted by molar-refractivity contribution is 7.89. The highest BCUT2D eigenvalue weighted by atomic mass is 35.5. The summed E-state index contributed by atoms with van der Waals surface area (Å²) in [6.45, 7) is -0.494.